The summed E-state index contributed by atoms with van der Waals surface area (Å²) in [6.07, 6.45) is 18.5. The highest BCUT2D eigenvalue weighted by Gasteiger charge is 2.19. The maximum absolute atomic E-state index is 13.2. The summed E-state index contributed by atoms with van der Waals surface area (Å²) in [6, 6.07) is 14.6. The number of hydrogen-bond donors (Lipinski definition) is 0. The third-order valence-corrected chi connectivity index (χ3v) is 8.44. The van der Waals surface area contributed by atoms with Crippen molar-refractivity contribution in [2.45, 2.75) is 109 Å². The van der Waals surface area contributed by atoms with E-state index in [2.05, 4.69) is 25.1 Å². The van der Waals surface area contributed by atoms with Crippen LogP contribution in [0.1, 0.15) is 96.0 Å². The minimum absolute atomic E-state index is 0.00629. The molecule has 2 fully saturated rings. The molecule has 4 heteroatoms. The Morgan fingerprint density at radius 3 is 1.74 bits per heavy atom. The Kier molecular flexibility index (Phi) is 9.34. The Morgan fingerprint density at radius 2 is 1.21 bits per heavy atom. The van der Waals surface area contributed by atoms with Gasteiger partial charge in [0.2, 0.25) is 0 Å². The molecular formula is C35H42O4. The van der Waals surface area contributed by atoms with E-state index in [0.29, 0.717) is 0 Å². The van der Waals surface area contributed by atoms with Gasteiger partial charge in [-0.15, -0.1) is 0 Å². The molecule has 0 amide bonds. The van der Waals surface area contributed by atoms with Gasteiger partial charge in [0.1, 0.15) is 12.2 Å². The van der Waals surface area contributed by atoms with E-state index in [9.17, 15) is 9.59 Å². The Bertz CT molecular complexity index is 1420. The number of hydrogen-bond acceptors (Lipinski definition) is 4. The van der Waals surface area contributed by atoms with E-state index in [-0.39, 0.29) is 24.1 Å². The number of esters is 2. The van der Waals surface area contributed by atoms with Crippen LogP contribution in [-0.2, 0) is 25.5 Å². The predicted molar refractivity (Wildman–Crippen MR) is 159 cm³/mol. The topological polar surface area (TPSA) is 52.6 Å². The summed E-state index contributed by atoms with van der Waals surface area (Å²) in [5.41, 5.74) is 1.25. The van der Waals surface area contributed by atoms with Crippen LogP contribution in [0.5, 0.6) is 0 Å². The van der Waals surface area contributed by atoms with E-state index in [4.69, 9.17) is 9.47 Å². The Balaban J connectivity index is 1.63. The monoisotopic (exact) mass is 526 g/mol. The molecule has 5 rings (SSSR count). The van der Waals surface area contributed by atoms with Crippen LogP contribution >= 0.6 is 0 Å². The number of rotatable bonds is 8. The zero-order valence-electron chi connectivity index (χ0n) is 23.4. The molecule has 3 aromatic carbocycles. The van der Waals surface area contributed by atoms with Gasteiger partial charge < -0.3 is 9.47 Å². The molecule has 0 atom stereocenters. The molecule has 0 saturated heterocycles. The zero-order valence-corrected chi connectivity index (χ0v) is 23.4. The van der Waals surface area contributed by atoms with Crippen LogP contribution in [0.25, 0.3) is 33.7 Å². The van der Waals surface area contributed by atoms with Crippen LogP contribution in [0.2, 0.25) is 0 Å². The molecule has 0 bridgehead atoms. The first kappa shape index (κ1) is 27.4. The summed E-state index contributed by atoms with van der Waals surface area (Å²) in [5, 5.41) is 5.58. The molecule has 0 N–H and O–H groups in total. The van der Waals surface area contributed by atoms with Crippen molar-refractivity contribution >= 4 is 45.6 Å². The standard InChI is InChI=1S/C35H42O4/c1-2-3-6-13-25-20-21-30-31(22-25)33(24-35(37)39-27-16-9-5-10-17-27)29-19-12-11-18-28(29)32(30)23-34(36)38-26-14-7-4-8-15-26/h11-12,18-24,26-27H,2-10,13-17H2,1H3. The number of fused-ring (bicyclic) bond motifs is 2. The summed E-state index contributed by atoms with van der Waals surface area (Å²) >= 11 is 0. The minimum atomic E-state index is -0.284. The average molecular weight is 527 g/mol. The van der Waals surface area contributed by atoms with Gasteiger partial charge in [0.15, 0.2) is 0 Å². The molecule has 4 nitrogen and oxygen atoms in total. The quantitative estimate of drug-likeness (QED) is 0.179. The van der Waals surface area contributed by atoms with Crippen molar-refractivity contribution in [1.82, 2.24) is 0 Å². The smallest absolute Gasteiger partial charge is 0.331 e. The molecule has 0 radical (unpaired) electrons. The summed E-state index contributed by atoms with van der Waals surface area (Å²) < 4.78 is 11.8. The summed E-state index contributed by atoms with van der Waals surface area (Å²) in [4.78, 5) is 26.3. The lowest BCUT2D eigenvalue weighted by Gasteiger charge is -2.21. The third-order valence-electron chi connectivity index (χ3n) is 8.44. The van der Waals surface area contributed by atoms with Gasteiger partial charge in [-0.3, -0.25) is 0 Å². The van der Waals surface area contributed by atoms with Crippen molar-refractivity contribution in [3.63, 3.8) is 0 Å². The second-order valence-corrected chi connectivity index (χ2v) is 11.4. The lowest BCUT2D eigenvalue weighted by molar-refractivity contribution is -0.143. The van der Waals surface area contributed by atoms with Crippen LogP contribution in [-0.4, -0.2) is 24.1 Å². The second-order valence-electron chi connectivity index (χ2n) is 11.4. The summed E-state index contributed by atoms with van der Waals surface area (Å²) in [6.45, 7) is 2.21. The molecular weight excluding hydrogens is 484 g/mol. The molecule has 0 spiro atoms. The van der Waals surface area contributed by atoms with Crippen molar-refractivity contribution in [1.29, 1.82) is 0 Å². The van der Waals surface area contributed by atoms with Gasteiger partial charge >= 0.3 is 11.9 Å². The first-order valence-corrected chi connectivity index (χ1v) is 15.2. The highest BCUT2D eigenvalue weighted by Crippen LogP contribution is 2.22. The molecule has 0 heterocycles. The van der Waals surface area contributed by atoms with Crippen molar-refractivity contribution < 1.29 is 19.1 Å². The second kappa shape index (κ2) is 13.3. The first-order chi connectivity index (χ1) is 19.1. The highest BCUT2D eigenvalue weighted by molar-refractivity contribution is 6.11. The Morgan fingerprint density at radius 1 is 0.692 bits per heavy atom. The fraction of sp³-hybridized carbons (Fsp3) is 0.486. The number of benzene rings is 3. The maximum atomic E-state index is 13.2. The lowest BCUT2D eigenvalue weighted by atomic mass is 9.94. The van der Waals surface area contributed by atoms with Gasteiger partial charge in [-0.2, -0.15) is 0 Å². The summed E-state index contributed by atoms with van der Waals surface area (Å²) in [5.74, 6) is -0.563. The van der Waals surface area contributed by atoms with Crippen LogP contribution in [0.15, 0.2) is 42.5 Å². The van der Waals surface area contributed by atoms with E-state index in [1.165, 1.54) is 31.2 Å². The summed E-state index contributed by atoms with van der Waals surface area (Å²) in [7, 11) is 0. The van der Waals surface area contributed by atoms with E-state index in [0.717, 1.165) is 96.2 Å². The van der Waals surface area contributed by atoms with E-state index in [1.54, 1.807) is 12.2 Å². The van der Waals surface area contributed by atoms with Crippen LogP contribution < -0.4 is 10.4 Å². The van der Waals surface area contributed by atoms with Gasteiger partial charge in [-0.05, 0) is 102 Å². The average Bonchev–Trinajstić information content (AvgIpc) is 2.96. The number of aryl methyl sites for hydroxylation is 1. The first-order valence-electron chi connectivity index (χ1n) is 15.2. The largest absolute Gasteiger partial charge is 0.459 e. The number of carbonyl (C=O) groups excluding carboxylic acids is 2. The van der Waals surface area contributed by atoms with Gasteiger partial charge in [0, 0.05) is 12.2 Å². The fourth-order valence-corrected chi connectivity index (χ4v) is 6.34. The van der Waals surface area contributed by atoms with Crippen LogP contribution in [0.4, 0.5) is 0 Å². The number of carbonyl (C=O) groups is 2. The normalized spacial score (nSPS) is 18.1. The zero-order chi connectivity index (χ0) is 27.0. The van der Waals surface area contributed by atoms with Crippen molar-refractivity contribution in [3.8, 4) is 0 Å². The van der Waals surface area contributed by atoms with Crippen molar-refractivity contribution in [2.24, 2.45) is 0 Å². The predicted octanol–water partition coefficient (Wildman–Crippen LogP) is 7.04. The minimum Gasteiger partial charge on any atom is -0.459 e. The molecule has 3 aromatic rings. The van der Waals surface area contributed by atoms with Crippen molar-refractivity contribution in [2.75, 3.05) is 0 Å². The Labute approximate surface area is 232 Å². The fourth-order valence-electron chi connectivity index (χ4n) is 6.34. The molecule has 0 aromatic heterocycles. The molecule has 0 unspecified atom stereocenters. The van der Waals surface area contributed by atoms with E-state index in [1.807, 2.05) is 24.3 Å². The molecule has 0 aliphatic heterocycles. The molecule has 2 aliphatic carbocycles. The molecule has 39 heavy (non-hydrogen) atoms. The third kappa shape index (κ3) is 6.90. The highest BCUT2D eigenvalue weighted by atomic mass is 16.5. The van der Waals surface area contributed by atoms with Crippen LogP contribution in [0, 0.1) is 0 Å². The van der Waals surface area contributed by atoms with Gasteiger partial charge in [0.05, 0.1) is 0 Å². The molecule has 2 aliphatic rings. The van der Waals surface area contributed by atoms with E-state index < -0.39 is 0 Å². The van der Waals surface area contributed by atoms with Crippen LogP contribution in [0.3, 0.4) is 0 Å². The maximum Gasteiger partial charge on any atom is 0.331 e. The van der Waals surface area contributed by atoms with Gasteiger partial charge in [-0.1, -0.05) is 75.1 Å². The molecule has 206 valence electrons. The van der Waals surface area contributed by atoms with Crippen molar-refractivity contribution in [3.05, 3.63) is 58.5 Å². The number of unbranched alkanes of at least 4 members (excludes halogenated alkanes) is 2. The number of ether oxygens (including phenoxy) is 2. The SMILES string of the molecule is CCCCCc1ccc2c(=CC(=O)OC3CCCCC3)c3ccccc3c(=CC(=O)OC3CCCCC3)c2c1. The molecule has 2 saturated carbocycles. The van der Waals surface area contributed by atoms with Gasteiger partial charge in [0.25, 0.3) is 0 Å². The van der Waals surface area contributed by atoms with Gasteiger partial charge in [-0.25, -0.2) is 9.59 Å². The lowest BCUT2D eigenvalue weighted by Crippen LogP contribution is -2.23. The van der Waals surface area contributed by atoms with E-state index >= 15 is 0 Å². The Hall–Kier alpha value is -3.14.